The SMILES string of the molecule is O=C(C1[C@H]2CN(Cc3ccoc3)C[C@@H]12)N1CCOc2ccc(Cl)cc2C1. The lowest BCUT2D eigenvalue weighted by atomic mass is 10.1. The van der Waals surface area contributed by atoms with Crippen LogP contribution in [0.4, 0.5) is 0 Å². The Bertz CT molecular complexity index is 810. The summed E-state index contributed by atoms with van der Waals surface area (Å²) in [5.41, 5.74) is 2.20. The molecule has 26 heavy (non-hydrogen) atoms. The second-order valence-corrected chi connectivity index (χ2v) is 7.98. The van der Waals surface area contributed by atoms with Gasteiger partial charge in [-0.15, -0.1) is 0 Å². The minimum Gasteiger partial charge on any atom is -0.491 e. The Morgan fingerprint density at radius 1 is 1.23 bits per heavy atom. The highest BCUT2D eigenvalue weighted by Gasteiger charge is 2.60. The molecule has 3 aliphatic rings. The smallest absolute Gasteiger partial charge is 0.226 e. The number of hydrogen-bond donors (Lipinski definition) is 0. The third-order valence-electron chi connectivity index (χ3n) is 5.86. The zero-order valence-corrected chi connectivity index (χ0v) is 15.2. The summed E-state index contributed by atoms with van der Waals surface area (Å²) in [6.45, 7) is 4.67. The topological polar surface area (TPSA) is 45.9 Å². The van der Waals surface area contributed by atoms with E-state index < -0.39 is 0 Å². The number of carbonyl (C=O) groups is 1. The molecule has 0 spiro atoms. The molecule has 3 atom stereocenters. The molecule has 2 aliphatic heterocycles. The zero-order chi connectivity index (χ0) is 17.7. The summed E-state index contributed by atoms with van der Waals surface area (Å²) in [5.74, 6) is 2.29. The van der Waals surface area contributed by atoms with Crippen LogP contribution in [0.5, 0.6) is 5.75 Å². The first-order valence-electron chi connectivity index (χ1n) is 9.12. The predicted octanol–water partition coefficient (Wildman–Crippen LogP) is 3.03. The summed E-state index contributed by atoms with van der Waals surface area (Å²) in [6, 6.07) is 7.64. The van der Waals surface area contributed by atoms with Crippen LogP contribution in [0.15, 0.2) is 41.2 Å². The molecule has 1 saturated heterocycles. The van der Waals surface area contributed by atoms with Crippen molar-refractivity contribution in [3.63, 3.8) is 0 Å². The molecule has 1 amide bonds. The Kier molecular flexibility index (Phi) is 3.94. The van der Waals surface area contributed by atoms with E-state index in [1.165, 1.54) is 5.56 Å². The normalized spacial score (nSPS) is 27.4. The van der Waals surface area contributed by atoms with E-state index in [-0.39, 0.29) is 11.8 Å². The van der Waals surface area contributed by atoms with Crippen LogP contribution < -0.4 is 4.74 Å². The van der Waals surface area contributed by atoms with Gasteiger partial charge in [-0.25, -0.2) is 0 Å². The predicted molar refractivity (Wildman–Crippen MR) is 96.8 cm³/mol. The first kappa shape index (κ1) is 16.2. The highest BCUT2D eigenvalue weighted by Crippen LogP contribution is 2.53. The molecule has 0 N–H and O–H groups in total. The van der Waals surface area contributed by atoms with Crippen molar-refractivity contribution in [2.75, 3.05) is 26.2 Å². The van der Waals surface area contributed by atoms with E-state index >= 15 is 0 Å². The summed E-state index contributed by atoms with van der Waals surface area (Å²) in [5, 5.41) is 0.680. The molecule has 6 heteroatoms. The molecule has 1 aromatic carbocycles. The van der Waals surface area contributed by atoms with Crippen molar-refractivity contribution >= 4 is 17.5 Å². The zero-order valence-electron chi connectivity index (χ0n) is 14.4. The molecule has 1 aliphatic carbocycles. The quantitative estimate of drug-likeness (QED) is 0.830. The molecule has 0 radical (unpaired) electrons. The molecule has 5 nitrogen and oxygen atoms in total. The van der Waals surface area contributed by atoms with Gasteiger partial charge in [-0.2, -0.15) is 0 Å². The summed E-state index contributed by atoms with van der Waals surface area (Å²) in [4.78, 5) is 17.4. The molecular formula is C20H21ClN2O3. The molecule has 1 saturated carbocycles. The monoisotopic (exact) mass is 372 g/mol. The van der Waals surface area contributed by atoms with E-state index in [1.807, 2.05) is 29.2 Å². The fraction of sp³-hybridized carbons (Fsp3) is 0.450. The third-order valence-corrected chi connectivity index (χ3v) is 6.09. The fourth-order valence-electron chi connectivity index (χ4n) is 4.51. The molecule has 5 rings (SSSR count). The first-order valence-corrected chi connectivity index (χ1v) is 9.50. The van der Waals surface area contributed by atoms with Crippen molar-refractivity contribution < 1.29 is 13.9 Å². The standard InChI is InChI=1S/C20H21ClN2O3/c21-15-1-2-18-14(7-15)9-23(4-6-26-18)20(24)19-16-10-22(11-17(16)19)8-13-3-5-25-12-13/h1-3,5,7,12,16-17,19H,4,6,8-11H2/t16-,17+,19?. The first-order chi connectivity index (χ1) is 12.7. The van der Waals surface area contributed by atoms with Gasteiger partial charge in [0.1, 0.15) is 12.4 Å². The second-order valence-electron chi connectivity index (χ2n) is 7.54. The second kappa shape index (κ2) is 6.32. The highest BCUT2D eigenvalue weighted by atomic mass is 35.5. The fourth-order valence-corrected chi connectivity index (χ4v) is 4.71. The van der Waals surface area contributed by atoms with Crippen LogP contribution >= 0.6 is 11.6 Å². The van der Waals surface area contributed by atoms with E-state index in [9.17, 15) is 4.79 Å². The summed E-state index contributed by atoms with van der Waals surface area (Å²) >= 11 is 6.11. The molecule has 1 unspecified atom stereocenters. The van der Waals surface area contributed by atoms with Gasteiger partial charge in [-0.05, 0) is 36.1 Å². The molecule has 136 valence electrons. The Hall–Kier alpha value is -1.98. The van der Waals surface area contributed by atoms with Crippen LogP contribution in [-0.2, 0) is 17.9 Å². The molecule has 2 fully saturated rings. The number of ether oxygens (including phenoxy) is 1. The number of halogens is 1. The Morgan fingerprint density at radius 3 is 2.85 bits per heavy atom. The number of likely N-dealkylation sites (tertiary alicyclic amines) is 1. The number of benzene rings is 1. The van der Waals surface area contributed by atoms with Crippen LogP contribution in [0.1, 0.15) is 11.1 Å². The maximum absolute atomic E-state index is 13.0. The number of furan rings is 1. The van der Waals surface area contributed by atoms with Crippen molar-refractivity contribution in [2.45, 2.75) is 13.1 Å². The molecule has 0 bridgehead atoms. The van der Waals surface area contributed by atoms with E-state index in [0.29, 0.717) is 36.6 Å². The van der Waals surface area contributed by atoms with Gasteiger partial charge < -0.3 is 14.1 Å². The number of carbonyl (C=O) groups excluding carboxylic acids is 1. The minimum absolute atomic E-state index is 0.177. The van der Waals surface area contributed by atoms with E-state index in [4.69, 9.17) is 20.8 Å². The van der Waals surface area contributed by atoms with Crippen molar-refractivity contribution in [1.82, 2.24) is 9.80 Å². The molecule has 1 aromatic heterocycles. The number of nitrogens with zero attached hydrogens (tertiary/aromatic N) is 2. The van der Waals surface area contributed by atoms with Crippen molar-refractivity contribution in [2.24, 2.45) is 17.8 Å². The van der Waals surface area contributed by atoms with Gasteiger partial charge in [0.05, 0.1) is 19.1 Å². The van der Waals surface area contributed by atoms with Crippen LogP contribution in [0.3, 0.4) is 0 Å². The maximum atomic E-state index is 13.0. The lowest BCUT2D eigenvalue weighted by Crippen LogP contribution is -2.36. The lowest BCUT2D eigenvalue weighted by Gasteiger charge is -2.23. The largest absolute Gasteiger partial charge is 0.491 e. The Balaban J connectivity index is 1.22. The highest BCUT2D eigenvalue weighted by molar-refractivity contribution is 6.30. The Morgan fingerprint density at radius 2 is 2.08 bits per heavy atom. The van der Waals surface area contributed by atoms with Crippen LogP contribution in [-0.4, -0.2) is 41.9 Å². The average Bonchev–Trinajstić information content (AvgIpc) is 2.93. The molecular weight excluding hydrogens is 352 g/mol. The van der Waals surface area contributed by atoms with Crippen molar-refractivity contribution in [1.29, 1.82) is 0 Å². The van der Waals surface area contributed by atoms with Gasteiger partial charge in [0.25, 0.3) is 0 Å². The van der Waals surface area contributed by atoms with E-state index in [1.54, 1.807) is 12.5 Å². The van der Waals surface area contributed by atoms with Gasteiger partial charge in [0, 0.05) is 48.2 Å². The number of piperidine rings is 1. The Labute approximate surface area is 157 Å². The maximum Gasteiger partial charge on any atom is 0.226 e. The van der Waals surface area contributed by atoms with Crippen LogP contribution in [0.2, 0.25) is 5.02 Å². The van der Waals surface area contributed by atoms with Crippen LogP contribution in [0.25, 0.3) is 0 Å². The summed E-state index contributed by atoms with van der Waals surface area (Å²) in [7, 11) is 0. The van der Waals surface area contributed by atoms with Gasteiger partial charge >= 0.3 is 0 Å². The number of amides is 1. The van der Waals surface area contributed by atoms with Crippen molar-refractivity contribution in [3.8, 4) is 5.75 Å². The van der Waals surface area contributed by atoms with Gasteiger partial charge in [-0.3, -0.25) is 9.69 Å². The molecule has 3 heterocycles. The number of hydrogen-bond acceptors (Lipinski definition) is 4. The van der Waals surface area contributed by atoms with Gasteiger partial charge in [0.15, 0.2) is 0 Å². The summed E-state index contributed by atoms with van der Waals surface area (Å²) in [6.07, 6.45) is 3.51. The average molecular weight is 373 g/mol. The van der Waals surface area contributed by atoms with E-state index in [2.05, 4.69) is 4.90 Å². The minimum atomic E-state index is 0.177. The molecule has 2 aromatic rings. The van der Waals surface area contributed by atoms with Crippen molar-refractivity contribution in [3.05, 3.63) is 52.9 Å². The summed E-state index contributed by atoms with van der Waals surface area (Å²) < 4.78 is 10.9. The van der Waals surface area contributed by atoms with Gasteiger partial charge in [-0.1, -0.05) is 11.6 Å². The van der Waals surface area contributed by atoms with Crippen LogP contribution in [0, 0.1) is 17.8 Å². The van der Waals surface area contributed by atoms with Gasteiger partial charge in [0.2, 0.25) is 5.91 Å². The van der Waals surface area contributed by atoms with E-state index in [0.717, 1.165) is 30.9 Å². The third kappa shape index (κ3) is 2.89. The number of fused-ring (bicyclic) bond motifs is 2. The number of rotatable bonds is 3. The lowest BCUT2D eigenvalue weighted by molar-refractivity contribution is -0.134.